The van der Waals surface area contributed by atoms with Crippen molar-refractivity contribution in [2.24, 2.45) is 5.92 Å². The summed E-state index contributed by atoms with van der Waals surface area (Å²) >= 11 is 13.8. The van der Waals surface area contributed by atoms with E-state index in [1.807, 2.05) is 52.7 Å². The fourth-order valence-electron chi connectivity index (χ4n) is 3.43. The van der Waals surface area contributed by atoms with Crippen LogP contribution in [-0.2, 0) is 17.9 Å². The topological polar surface area (TPSA) is 40.6 Å². The lowest BCUT2D eigenvalue weighted by Crippen LogP contribution is -2.44. The smallest absolute Gasteiger partial charge is 0.254 e. The summed E-state index contributed by atoms with van der Waals surface area (Å²) in [4.78, 5) is 31.4. The number of amides is 2. The highest BCUT2D eigenvalue weighted by atomic mass is 35.5. The van der Waals surface area contributed by atoms with Crippen LogP contribution >= 0.6 is 34.5 Å². The second-order valence-corrected chi connectivity index (χ2v) is 9.99. The normalized spacial score (nSPS) is 11.8. The molecular weight excluding hydrogens is 475 g/mol. The second-order valence-electron chi connectivity index (χ2n) is 8.14. The van der Waals surface area contributed by atoms with Gasteiger partial charge in [-0.15, -0.1) is 11.3 Å². The van der Waals surface area contributed by atoms with Crippen molar-refractivity contribution >= 4 is 46.4 Å². The summed E-state index contributed by atoms with van der Waals surface area (Å²) in [7, 11) is 0. The molecule has 0 N–H and O–H groups in total. The number of carbonyl (C=O) groups is 2. The van der Waals surface area contributed by atoms with E-state index < -0.39 is 0 Å². The van der Waals surface area contributed by atoms with Gasteiger partial charge in [0.2, 0.25) is 5.91 Å². The largest absolute Gasteiger partial charge is 0.332 e. The van der Waals surface area contributed by atoms with Gasteiger partial charge in [0.05, 0.1) is 16.6 Å². The van der Waals surface area contributed by atoms with Crippen LogP contribution in [0.4, 0.5) is 0 Å². The fraction of sp³-hybridized carbons (Fsp3) is 0.308. The summed E-state index contributed by atoms with van der Waals surface area (Å²) in [6, 6.07) is 18.7. The van der Waals surface area contributed by atoms with Gasteiger partial charge in [-0.2, -0.15) is 0 Å². The summed E-state index contributed by atoms with van der Waals surface area (Å²) < 4.78 is 0. The minimum atomic E-state index is -0.224. The van der Waals surface area contributed by atoms with Crippen LogP contribution in [0.15, 0.2) is 66.0 Å². The van der Waals surface area contributed by atoms with Crippen molar-refractivity contribution in [1.82, 2.24) is 9.80 Å². The van der Waals surface area contributed by atoms with Crippen molar-refractivity contribution in [2.45, 2.75) is 33.4 Å². The Morgan fingerprint density at radius 1 is 0.939 bits per heavy atom. The van der Waals surface area contributed by atoms with Gasteiger partial charge in [0.25, 0.3) is 5.91 Å². The molecule has 0 aliphatic rings. The molecule has 3 rings (SSSR count). The molecule has 2 amide bonds. The lowest BCUT2D eigenvalue weighted by molar-refractivity contribution is -0.133. The van der Waals surface area contributed by atoms with Crippen molar-refractivity contribution in [2.75, 3.05) is 13.1 Å². The first-order valence-electron chi connectivity index (χ1n) is 11.0. The molecule has 1 aromatic heterocycles. The molecule has 2 aromatic carbocycles. The molecule has 3 aromatic rings. The van der Waals surface area contributed by atoms with Crippen molar-refractivity contribution < 1.29 is 9.59 Å². The van der Waals surface area contributed by atoms with Crippen LogP contribution in [0.5, 0.6) is 0 Å². The second kappa shape index (κ2) is 12.2. The third-order valence-electron chi connectivity index (χ3n) is 5.50. The minimum absolute atomic E-state index is 0.00161. The Bertz CT molecular complexity index is 1060. The lowest BCUT2D eigenvalue weighted by Gasteiger charge is -2.29. The van der Waals surface area contributed by atoms with Crippen LogP contribution < -0.4 is 0 Å². The molecule has 0 spiro atoms. The Balaban J connectivity index is 1.83. The van der Waals surface area contributed by atoms with E-state index in [4.69, 9.17) is 23.2 Å². The number of halogens is 2. The lowest BCUT2D eigenvalue weighted by atomic mass is 10.1. The molecule has 174 valence electrons. The molecule has 1 heterocycles. The molecule has 1 unspecified atom stereocenters. The SMILES string of the molecule is CCC(C)CN(CC(=O)N(Cc1ccccc1)Cc1cccs1)C(=O)c1ccc(Cl)c(Cl)c1. The highest BCUT2D eigenvalue weighted by molar-refractivity contribution is 7.09. The molecule has 0 bridgehead atoms. The van der Waals surface area contributed by atoms with Crippen LogP contribution in [0.2, 0.25) is 10.0 Å². The molecule has 0 saturated heterocycles. The molecule has 0 fully saturated rings. The predicted molar refractivity (Wildman–Crippen MR) is 137 cm³/mol. The number of nitrogens with zero attached hydrogens (tertiary/aromatic N) is 2. The number of hydrogen-bond acceptors (Lipinski definition) is 3. The average molecular weight is 503 g/mol. The highest BCUT2D eigenvalue weighted by Crippen LogP contribution is 2.24. The van der Waals surface area contributed by atoms with Gasteiger partial charge in [-0.1, -0.05) is 79.9 Å². The molecule has 0 aliphatic heterocycles. The van der Waals surface area contributed by atoms with Crippen LogP contribution in [0.25, 0.3) is 0 Å². The zero-order chi connectivity index (χ0) is 23.8. The molecular formula is C26H28Cl2N2O2S. The molecule has 33 heavy (non-hydrogen) atoms. The Kier molecular flexibility index (Phi) is 9.36. The molecule has 0 aliphatic carbocycles. The zero-order valence-corrected chi connectivity index (χ0v) is 21.2. The quantitative estimate of drug-likeness (QED) is 0.306. The summed E-state index contributed by atoms with van der Waals surface area (Å²) in [5.41, 5.74) is 1.47. The highest BCUT2D eigenvalue weighted by Gasteiger charge is 2.24. The average Bonchev–Trinajstić information content (AvgIpc) is 3.33. The Morgan fingerprint density at radius 3 is 2.33 bits per heavy atom. The third kappa shape index (κ3) is 7.32. The van der Waals surface area contributed by atoms with Gasteiger partial charge in [0.1, 0.15) is 6.54 Å². The van der Waals surface area contributed by atoms with Crippen LogP contribution in [0.1, 0.15) is 41.1 Å². The fourth-order valence-corrected chi connectivity index (χ4v) is 4.44. The molecule has 0 saturated carbocycles. The van der Waals surface area contributed by atoms with Gasteiger partial charge >= 0.3 is 0 Å². The number of hydrogen-bond donors (Lipinski definition) is 0. The number of rotatable bonds is 10. The molecule has 7 heteroatoms. The van der Waals surface area contributed by atoms with Crippen molar-refractivity contribution in [1.29, 1.82) is 0 Å². The van der Waals surface area contributed by atoms with E-state index in [1.54, 1.807) is 34.4 Å². The van der Waals surface area contributed by atoms with Crippen molar-refractivity contribution in [3.05, 3.63) is 92.1 Å². The van der Waals surface area contributed by atoms with Gasteiger partial charge in [-0.25, -0.2) is 0 Å². The molecule has 4 nitrogen and oxygen atoms in total. The number of thiophene rings is 1. The number of carbonyl (C=O) groups excluding carboxylic acids is 2. The van der Waals surface area contributed by atoms with E-state index in [0.29, 0.717) is 35.2 Å². The third-order valence-corrected chi connectivity index (χ3v) is 7.10. The Morgan fingerprint density at radius 2 is 1.70 bits per heavy atom. The van der Waals surface area contributed by atoms with E-state index in [-0.39, 0.29) is 24.3 Å². The van der Waals surface area contributed by atoms with Crippen molar-refractivity contribution in [3.63, 3.8) is 0 Å². The van der Waals surface area contributed by atoms with Gasteiger partial charge in [0.15, 0.2) is 0 Å². The first-order chi connectivity index (χ1) is 15.9. The summed E-state index contributed by atoms with van der Waals surface area (Å²) in [5, 5.41) is 2.72. The Labute approximate surface area is 209 Å². The standard InChI is InChI=1S/C26H28Cl2N2O2S/c1-3-19(2)15-30(26(32)21-11-12-23(27)24(28)14-21)18-25(31)29(17-22-10-7-13-33-22)16-20-8-5-4-6-9-20/h4-14,19H,3,15-18H2,1-2H3. The maximum absolute atomic E-state index is 13.5. The van der Waals surface area contributed by atoms with E-state index in [9.17, 15) is 9.59 Å². The maximum atomic E-state index is 13.5. The van der Waals surface area contributed by atoms with Crippen molar-refractivity contribution in [3.8, 4) is 0 Å². The van der Waals surface area contributed by atoms with Crippen LogP contribution in [-0.4, -0.2) is 34.7 Å². The van der Waals surface area contributed by atoms with Gasteiger partial charge in [-0.3, -0.25) is 9.59 Å². The summed E-state index contributed by atoms with van der Waals surface area (Å²) in [5.74, 6) is -0.0636. The van der Waals surface area contributed by atoms with Crippen LogP contribution in [0, 0.1) is 5.92 Å². The zero-order valence-electron chi connectivity index (χ0n) is 18.8. The number of benzene rings is 2. The molecule has 0 radical (unpaired) electrons. The van der Waals surface area contributed by atoms with E-state index >= 15 is 0 Å². The first-order valence-corrected chi connectivity index (χ1v) is 12.6. The van der Waals surface area contributed by atoms with E-state index in [1.165, 1.54) is 0 Å². The summed E-state index contributed by atoms with van der Waals surface area (Å²) in [6.07, 6.45) is 0.905. The summed E-state index contributed by atoms with van der Waals surface area (Å²) in [6.45, 7) is 5.63. The Hall–Kier alpha value is -2.34. The maximum Gasteiger partial charge on any atom is 0.254 e. The molecule has 1 atom stereocenters. The van der Waals surface area contributed by atoms with E-state index in [0.717, 1.165) is 16.9 Å². The minimum Gasteiger partial charge on any atom is -0.332 e. The predicted octanol–water partition coefficient (Wildman–Crippen LogP) is 6.77. The monoisotopic (exact) mass is 502 g/mol. The van der Waals surface area contributed by atoms with Gasteiger partial charge in [-0.05, 0) is 41.1 Å². The van der Waals surface area contributed by atoms with E-state index in [2.05, 4.69) is 13.8 Å². The van der Waals surface area contributed by atoms with Crippen LogP contribution in [0.3, 0.4) is 0 Å². The van der Waals surface area contributed by atoms with Gasteiger partial charge in [0, 0.05) is 23.5 Å². The first kappa shape index (κ1) is 25.3. The van der Waals surface area contributed by atoms with Gasteiger partial charge < -0.3 is 9.80 Å².